The van der Waals surface area contributed by atoms with Gasteiger partial charge in [0.1, 0.15) is 5.75 Å². The second-order valence-corrected chi connectivity index (χ2v) is 8.73. The van der Waals surface area contributed by atoms with Gasteiger partial charge in [0.25, 0.3) is 5.56 Å². The average molecular weight is 437 g/mol. The first-order valence-corrected chi connectivity index (χ1v) is 9.98. The number of carboxylic acids is 1. The highest BCUT2D eigenvalue weighted by molar-refractivity contribution is 6.31. The van der Waals surface area contributed by atoms with Gasteiger partial charge in [-0.25, -0.2) is 9.78 Å². The predicted molar refractivity (Wildman–Crippen MR) is 112 cm³/mol. The molecule has 0 amide bonds. The largest absolute Gasteiger partial charge is 0.506 e. The van der Waals surface area contributed by atoms with E-state index < -0.39 is 22.8 Å². The highest BCUT2D eigenvalue weighted by Crippen LogP contribution is 2.50. The minimum atomic E-state index is -1.49. The molecular weight excluding hydrogens is 412 g/mol. The van der Waals surface area contributed by atoms with Crippen molar-refractivity contribution in [3.8, 4) is 22.9 Å². The number of aromatic hydroxyl groups is 1. The molecule has 8 nitrogen and oxygen atoms in total. The number of rotatable bonds is 6. The van der Waals surface area contributed by atoms with Gasteiger partial charge in [-0.15, -0.1) is 0 Å². The van der Waals surface area contributed by atoms with Crippen molar-refractivity contribution in [3.63, 3.8) is 0 Å². The minimum Gasteiger partial charge on any atom is -0.506 e. The fourth-order valence-corrected chi connectivity index (χ4v) is 3.95. The lowest BCUT2D eigenvalue weighted by Crippen LogP contribution is -2.29. The van der Waals surface area contributed by atoms with Gasteiger partial charge < -0.3 is 24.7 Å². The van der Waals surface area contributed by atoms with E-state index in [-0.39, 0.29) is 22.2 Å². The molecule has 3 N–H and O–H groups in total. The Bertz CT molecular complexity index is 1040. The summed E-state index contributed by atoms with van der Waals surface area (Å²) in [6.45, 7) is 6.93. The number of carboxylic acid groups (broad SMARTS) is 1. The van der Waals surface area contributed by atoms with Crippen molar-refractivity contribution >= 4 is 17.6 Å². The quantitative estimate of drug-likeness (QED) is 0.467. The van der Waals surface area contributed by atoms with E-state index in [1.54, 1.807) is 13.2 Å². The number of pyridine rings is 2. The van der Waals surface area contributed by atoms with Crippen molar-refractivity contribution in [2.24, 2.45) is 5.41 Å². The van der Waals surface area contributed by atoms with E-state index in [0.717, 1.165) is 5.56 Å². The number of aromatic carboxylic acids is 1. The summed E-state index contributed by atoms with van der Waals surface area (Å²) in [5, 5.41) is 20.2. The molecule has 1 atom stereocenters. The van der Waals surface area contributed by atoms with Gasteiger partial charge in [-0.2, -0.15) is 0 Å². The van der Waals surface area contributed by atoms with Crippen LogP contribution in [0.1, 0.15) is 54.6 Å². The lowest BCUT2D eigenvalue weighted by Gasteiger charge is -2.36. The van der Waals surface area contributed by atoms with Gasteiger partial charge in [0.2, 0.25) is 0 Å². The number of fused-ring (bicyclic) bond motifs is 3. The van der Waals surface area contributed by atoms with Gasteiger partial charge in [-0.1, -0.05) is 32.4 Å². The Morgan fingerprint density at radius 3 is 2.67 bits per heavy atom. The van der Waals surface area contributed by atoms with E-state index in [4.69, 9.17) is 21.1 Å². The van der Waals surface area contributed by atoms with Crippen LogP contribution >= 0.6 is 11.6 Å². The van der Waals surface area contributed by atoms with Crippen molar-refractivity contribution in [1.29, 1.82) is 0 Å². The first kappa shape index (κ1) is 22.1. The first-order chi connectivity index (χ1) is 14.1. The van der Waals surface area contributed by atoms with E-state index in [1.807, 2.05) is 20.8 Å². The molecule has 0 spiro atoms. The van der Waals surface area contributed by atoms with Crippen LogP contribution in [0, 0.1) is 5.41 Å². The summed E-state index contributed by atoms with van der Waals surface area (Å²) in [6, 6.07) is 1.79. The van der Waals surface area contributed by atoms with E-state index in [1.165, 1.54) is 0 Å². The Balaban J connectivity index is 2.17. The van der Waals surface area contributed by atoms with Crippen LogP contribution in [0.5, 0.6) is 11.5 Å². The van der Waals surface area contributed by atoms with E-state index in [2.05, 4.69) is 9.97 Å². The van der Waals surface area contributed by atoms with E-state index in [0.29, 0.717) is 43.1 Å². The molecule has 0 radical (unpaired) electrons. The second kappa shape index (κ2) is 8.28. The number of hydrogen-bond donors (Lipinski definition) is 3. The third-order valence-electron chi connectivity index (χ3n) is 5.27. The molecule has 2 aromatic heterocycles. The summed E-state index contributed by atoms with van der Waals surface area (Å²) in [5.41, 5.74) is -0.0406. The molecule has 0 bridgehead atoms. The first-order valence-electron chi connectivity index (χ1n) is 9.60. The molecule has 162 valence electrons. The Kier molecular flexibility index (Phi) is 6.10. The van der Waals surface area contributed by atoms with Crippen molar-refractivity contribution in [1.82, 2.24) is 9.97 Å². The van der Waals surface area contributed by atoms with Crippen molar-refractivity contribution in [2.45, 2.75) is 39.5 Å². The van der Waals surface area contributed by atoms with Crippen LogP contribution in [-0.2, 0) is 11.2 Å². The molecule has 0 fully saturated rings. The van der Waals surface area contributed by atoms with Gasteiger partial charge >= 0.3 is 5.97 Å². The van der Waals surface area contributed by atoms with Gasteiger partial charge in [-0.3, -0.25) is 4.79 Å². The maximum Gasteiger partial charge on any atom is 0.345 e. The number of methoxy groups -OCH3 is 1. The van der Waals surface area contributed by atoms with E-state index >= 15 is 0 Å². The molecule has 30 heavy (non-hydrogen) atoms. The van der Waals surface area contributed by atoms with Crippen LogP contribution in [0.15, 0.2) is 10.9 Å². The molecular formula is C21H25ClN2O6. The third kappa shape index (κ3) is 4.02. The smallest absolute Gasteiger partial charge is 0.345 e. The number of carbonyl (C=O) groups is 1. The normalized spacial score (nSPS) is 15.4. The van der Waals surface area contributed by atoms with Crippen molar-refractivity contribution < 1.29 is 24.5 Å². The molecule has 2 heterocycles. The lowest BCUT2D eigenvalue weighted by atomic mass is 9.69. The molecule has 0 saturated heterocycles. The van der Waals surface area contributed by atoms with Gasteiger partial charge in [0, 0.05) is 25.7 Å². The summed E-state index contributed by atoms with van der Waals surface area (Å²) in [7, 11) is 1.61. The second-order valence-electron chi connectivity index (χ2n) is 8.37. The van der Waals surface area contributed by atoms with Crippen LogP contribution in [-0.4, -0.2) is 46.5 Å². The van der Waals surface area contributed by atoms with Gasteiger partial charge in [0.15, 0.2) is 16.5 Å². The highest BCUT2D eigenvalue weighted by atomic mass is 35.5. The molecule has 0 aromatic carbocycles. The van der Waals surface area contributed by atoms with Crippen LogP contribution in [0.2, 0.25) is 5.15 Å². The number of H-pyrrole nitrogens is 1. The Hall–Kier alpha value is -2.58. The zero-order valence-electron chi connectivity index (χ0n) is 17.3. The fraction of sp³-hybridized carbons (Fsp3) is 0.476. The Labute approximate surface area is 178 Å². The number of ether oxygens (including phenoxy) is 2. The summed E-state index contributed by atoms with van der Waals surface area (Å²) < 4.78 is 10.8. The lowest BCUT2D eigenvalue weighted by molar-refractivity contribution is 0.0691. The molecule has 1 aliphatic carbocycles. The zero-order valence-corrected chi connectivity index (χ0v) is 18.1. The van der Waals surface area contributed by atoms with Crippen LogP contribution in [0.4, 0.5) is 0 Å². The molecule has 0 saturated carbocycles. The third-order valence-corrected chi connectivity index (χ3v) is 5.54. The van der Waals surface area contributed by atoms with Crippen LogP contribution in [0.3, 0.4) is 0 Å². The topological polar surface area (TPSA) is 122 Å². The summed E-state index contributed by atoms with van der Waals surface area (Å²) in [5.74, 6) is -1.85. The van der Waals surface area contributed by atoms with Crippen LogP contribution in [0.25, 0.3) is 11.4 Å². The van der Waals surface area contributed by atoms with Crippen molar-refractivity contribution in [3.05, 3.63) is 38.3 Å². The molecule has 2 aromatic rings. The number of halogens is 1. The molecule has 3 rings (SSSR count). The van der Waals surface area contributed by atoms with Crippen molar-refractivity contribution in [2.75, 3.05) is 20.3 Å². The Morgan fingerprint density at radius 1 is 1.37 bits per heavy atom. The highest BCUT2D eigenvalue weighted by Gasteiger charge is 2.39. The minimum absolute atomic E-state index is 0.119. The monoisotopic (exact) mass is 436 g/mol. The average Bonchev–Trinajstić information content (AvgIpc) is 2.64. The number of nitrogens with one attached hydrogen (secondary N) is 1. The number of aromatic nitrogens is 2. The Morgan fingerprint density at radius 2 is 2.07 bits per heavy atom. The summed E-state index contributed by atoms with van der Waals surface area (Å²) in [4.78, 5) is 30.9. The van der Waals surface area contributed by atoms with E-state index in [9.17, 15) is 19.8 Å². The predicted octanol–water partition coefficient (Wildman–Crippen LogP) is 3.60. The number of hydrogen-bond acceptors (Lipinski definition) is 6. The summed E-state index contributed by atoms with van der Waals surface area (Å²) in [6.07, 6.45) is 1.17. The standard InChI is InChI=1S/C21H25ClN2O6/c1-21(2,3)11-8-10-9-12(30-7-5-6-29-4)18(22)23-15(10)16-13(11)17(25)14(20(27)28)19(26)24-16/h9,11H,5-8H2,1-4H3,(H,27,28)(H2,24,25,26). The zero-order chi connectivity index (χ0) is 22.2. The maximum atomic E-state index is 12.4. The van der Waals surface area contributed by atoms with Gasteiger partial charge in [0.05, 0.1) is 18.0 Å². The SMILES string of the molecule is COCCCOc1cc2c(nc1Cl)-c1[nH]c(=O)c(C(=O)O)c(O)c1C(C(C)(C)C)C2. The van der Waals surface area contributed by atoms with Gasteiger partial charge in [-0.05, 0) is 29.4 Å². The maximum absolute atomic E-state index is 12.4. The number of aromatic amines is 1. The molecule has 9 heteroatoms. The summed E-state index contributed by atoms with van der Waals surface area (Å²) >= 11 is 6.31. The van der Waals surface area contributed by atoms with Crippen LogP contribution < -0.4 is 10.3 Å². The fourth-order valence-electron chi connectivity index (χ4n) is 3.76. The molecule has 0 aliphatic heterocycles. The molecule has 1 aliphatic rings. The molecule has 1 unspecified atom stereocenters. The number of nitrogens with zero attached hydrogens (tertiary/aromatic N) is 1.